The van der Waals surface area contributed by atoms with Gasteiger partial charge in [-0.25, -0.2) is 4.79 Å². The number of Topliss-reactive ketones (excluding diaryl/α,β-unsaturated/α-hetero) is 1. The van der Waals surface area contributed by atoms with E-state index in [9.17, 15) is 14.4 Å². The lowest BCUT2D eigenvalue weighted by Gasteiger charge is -2.20. The summed E-state index contributed by atoms with van der Waals surface area (Å²) in [5, 5.41) is 5.05. The maximum atomic E-state index is 12.6. The highest BCUT2D eigenvalue weighted by Gasteiger charge is 2.25. The molecule has 0 fully saturated rings. The van der Waals surface area contributed by atoms with Crippen molar-refractivity contribution < 1.29 is 23.9 Å². The van der Waals surface area contributed by atoms with E-state index in [2.05, 4.69) is 15.4 Å². The van der Waals surface area contributed by atoms with E-state index in [4.69, 9.17) is 10.3 Å². The number of ketones is 1. The standard InChI is InChI=1S/C21H22N4O4/c1-15(19(26)13-23-22)24-20(27)18(12-16-8-4-2-5-9-16)25-21(28)29-14-17-10-6-3-7-11-17/h2-11,13,15,18H,12,14H2,1H3,(H,24,27)(H,25,28). The molecule has 0 aliphatic rings. The number of hydrogen-bond acceptors (Lipinski definition) is 4. The largest absolute Gasteiger partial charge is 0.445 e. The van der Waals surface area contributed by atoms with E-state index in [1.54, 1.807) is 0 Å². The van der Waals surface area contributed by atoms with Gasteiger partial charge in [-0.2, -0.15) is 4.79 Å². The molecule has 0 radical (unpaired) electrons. The van der Waals surface area contributed by atoms with Gasteiger partial charge >= 0.3 is 12.3 Å². The lowest BCUT2D eigenvalue weighted by molar-refractivity contribution is -0.127. The first-order chi connectivity index (χ1) is 14.0. The van der Waals surface area contributed by atoms with Gasteiger partial charge in [-0.3, -0.25) is 9.59 Å². The summed E-state index contributed by atoms with van der Waals surface area (Å²) in [6.45, 7) is 1.52. The molecule has 2 aromatic carbocycles. The summed E-state index contributed by atoms with van der Waals surface area (Å²) in [7, 11) is 0. The smallest absolute Gasteiger partial charge is 0.408 e. The predicted octanol–water partition coefficient (Wildman–Crippen LogP) is 1.90. The zero-order valence-electron chi connectivity index (χ0n) is 15.9. The Morgan fingerprint density at radius 1 is 1.00 bits per heavy atom. The van der Waals surface area contributed by atoms with E-state index in [1.807, 2.05) is 60.7 Å². The first-order valence-corrected chi connectivity index (χ1v) is 9.02. The minimum absolute atomic E-state index is 0.0637. The van der Waals surface area contributed by atoms with E-state index in [-0.39, 0.29) is 13.0 Å². The monoisotopic (exact) mass is 394 g/mol. The molecule has 150 valence electrons. The van der Waals surface area contributed by atoms with Crippen LogP contribution in [0.4, 0.5) is 4.79 Å². The summed E-state index contributed by atoms with van der Waals surface area (Å²) < 4.78 is 5.19. The normalized spacial score (nSPS) is 12.0. The number of amides is 2. The molecule has 0 saturated carbocycles. The van der Waals surface area contributed by atoms with Crippen LogP contribution in [0.15, 0.2) is 60.7 Å². The molecular weight excluding hydrogens is 372 g/mol. The minimum atomic E-state index is -0.956. The Morgan fingerprint density at radius 3 is 2.17 bits per heavy atom. The third kappa shape index (κ3) is 7.40. The van der Waals surface area contributed by atoms with Crippen LogP contribution in [0.25, 0.3) is 5.53 Å². The first-order valence-electron chi connectivity index (χ1n) is 9.02. The van der Waals surface area contributed by atoms with Gasteiger partial charge in [0.1, 0.15) is 12.6 Å². The molecule has 2 aromatic rings. The quantitative estimate of drug-likeness (QED) is 0.383. The van der Waals surface area contributed by atoms with Crippen LogP contribution in [0.2, 0.25) is 0 Å². The highest BCUT2D eigenvalue weighted by atomic mass is 16.5. The zero-order valence-corrected chi connectivity index (χ0v) is 15.9. The summed E-state index contributed by atoms with van der Waals surface area (Å²) in [6.07, 6.45) is 0.168. The van der Waals surface area contributed by atoms with Crippen LogP contribution in [0, 0.1) is 0 Å². The van der Waals surface area contributed by atoms with Crippen molar-refractivity contribution in [3.63, 3.8) is 0 Å². The van der Waals surface area contributed by atoms with Crippen molar-refractivity contribution in [2.45, 2.75) is 32.0 Å². The van der Waals surface area contributed by atoms with Crippen LogP contribution >= 0.6 is 0 Å². The maximum absolute atomic E-state index is 12.6. The van der Waals surface area contributed by atoms with Crippen molar-refractivity contribution in [3.05, 3.63) is 77.3 Å². The molecule has 2 amide bonds. The Kier molecular flexibility index (Phi) is 8.28. The molecule has 0 aliphatic heterocycles. The molecule has 0 heterocycles. The topological polar surface area (TPSA) is 121 Å². The van der Waals surface area contributed by atoms with Crippen molar-refractivity contribution in [1.82, 2.24) is 10.6 Å². The highest BCUT2D eigenvalue weighted by Crippen LogP contribution is 2.06. The van der Waals surface area contributed by atoms with E-state index < -0.39 is 29.9 Å². The highest BCUT2D eigenvalue weighted by molar-refractivity contribution is 6.28. The van der Waals surface area contributed by atoms with Crippen LogP contribution in [0.5, 0.6) is 0 Å². The average molecular weight is 394 g/mol. The lowest BCUT2D eigenvalue weighted by Crippen LogP contribution is -2.52. The zero-order chi connectivity index (χ0) is 21.1. The van der Waals surface area contributed by atoms with Crippen LogP contribution in [-0.4, -0.2) is 40.9 Å². The van der Waals surface area contributed by atoms with Gasteiger partial charge in [0, 0.05) is 6.42 Å². The molecule has 0 spiro atoms. The molecule has 0 saturated heterocycles. The van der Waals surface area contributed by atoms with Gasteiger partial charge in [0.05, 0.1) is 6.04 Å². The molecule has 8 nitrogen and oxygen atoms in total. The second kappa shape index (κ2) is 11.2. The molecule has 2 atom stereocenters. The Bertz CT molecular complexity index is 880. The summed E-state index contributed by atoms with van der Waals surface area (Å²) in [5.41, 5.74) is 10.1. The fraction of sp³-hybridized carbons (Fsp3) is 0.238. The number of nitrogens with zero attached hydrogens (tertiary/aromatic N) is 2. The van der Waals surface area contributed by atoms with Crippen molar-refractivity contribution in [1.29, 1.82) is 0 Å². The van der Waals surface area contributed by atoms with Crippen LogP contribution in [-0.2, 0) is 27.4 Å². The van der Waals surface area contributed by atoms with Gasteiger partial charge in [-0.05, 0) is 18.1 Å². The van der Waals surface area contributed by atoms with Crippen molar-refractivity contribution in [3.8, 4) is 0 Å². The van der Waals surface area contributed by atoms with Gasteiger partial charge in [0.2, 0.25) is 5.91 Å². The molecule has 0 bridgehead atoms. The number of ether oxygens (including phenoxy) is 1. The molecular formula is C21H22N4O4. The van der Waals surface area contributed by atoms with Crippen molar-refractivity contribution in [2.75, 3.05) is 0 Å². The SMILES string of the molecule is CC(NC(=O)C(Cc1ccccc1)NC(=O)OCc1ccccc1)C(=O)C=[N+]=[N-]. The summed E-state index contributed by atoms with van der Waals surface area (Å²) in [6, 6.07) is 16.4. The summed E-state index contributed by atoms with van der Waals surface area (Å²) >= 11 is 0. The Hall–Kier alpha value is -3.77. The third-order valence-electron chi connectivity index (χ3n) is 4.07. The molecule has 0 aliphatic carbocycles. The number of rotatable bonds is 9. The number of alkyl carbamates (subject to hydrolysis) is 1. The van der Waals surface area contributed by atoms with E-state index in [0.29, 0.717) is 6.21 Å². The van der Waals surface area contributed by atoms with Crippen molar-refractivity contribution in [2.24, 2.45) is 0 Å². The molecule has 8 heteroatoms. The number of carbonyl (C=O) groups excluding carboxylic acids is 3. The third-order valence-corrected chi connectivity index (χ3v) is 4.07. The second-order valence-corrected chi connectivity index (χ2v) is 6.33. The molecule has 29 heavy (non-hydrogen) atoms. The molecule has 0 aromatic heterocycles. The van der Waals surface area contributed by atoms with Gasteiger partial charge in [0.25, 0.3) is 5.78 Å². The fourth-order valence-electron chi connectivity index (χ4n) is 2.52. The molecule has 2 N–H and O–H groups in total. The van der Waals surface area contributed by atoms with E-state index in [0.717, 1.165) is 11.1 Å². The first kappa shape index (κ1) is 21.5. The Balaban J connectivity index is 2.03. The molecule has 2 unspecified atom stereocenters. The fourth-order valence-corrected chi connectivity index (χ4v) is 2.52. The van der Waals surface area contributed by atoms with Crippen LogP contribution in [0.3, 0.4) is 0 Å². The number of benzene rings is 2. The lowest BCUT2D eigenvalue weighted by atomic mass is 10.0. The number of hydrogen-bond donors (Lipinski definition) is 2. The van der Waals surface area contributed by atoms with Crippen LogP contribution in [0.1, 0.15) is 18.1 Å². The average Bonchev–Trinajstić information content (AvgIpc) is 2.73. The summed E-state index contributed by atoms with van der Waals surface area (Å²) in [5.74, 6) is -1.14. The Morgan fingerprint density at radius 2 is 1.59 bits per heavy atom. The predicted molar refractivity (Wildman–Crippen MR) is 106 cm³/mol. The van der Waals surface area contributed by atoms with Crippen molar-refractivity contribution >= 4 is 24.0 Å². The van der Waals surface area contributed by atoms with E-state index in [1.165, 1.54) is 6.92 Å². The number of nitrogens with one attached hydrogen (secondary N) is 2. The number of carbonyl (C=O) groups is 3. The minimum Gasteiger partial charge on any atom is -0.445 e. The maximum Gasteiger partial charge on any atom is 0.408 e. The second-order valence-electron chi connectivity index (χ2n) is 6.33. The molecule has 2 rings (SSSR count). The van der Waals surface area contributed by atoms with Crippen LogP contribution < -0.4 is 10.6 Å². The van der Waals surface area contributed by atoms with Gasteiger partial charge in [-0.15, -0.1) is 0 Å². The van der Waals surface area contributed by atoms with Gasteiger partial charge in [-0.1, -0.05) is 60.7 Å². The Labute approximate surface area is 168 Å². The summed E-state index contributed by atoms with van der Waals surface area (Å²) in [4.78, 5) is 39.2. The van der Waals surface area contributed by atoms with Gasteiger partial charge < -0.3 is 20.9 Å². The van der Waals surface area contributed by atoms with E-state index >= 15 is 0 Å². The van der Waals surface area contributed by atoms with Gasteiger partial charge in [0.15, 0.2) is 0 Å².